The Labute approximate surface area is 183 Å². The molecule has 2 aromatic carbocycles. The third-order valence-corrected chi connectivity index (χ3v) is 5.62. The third-order valence-electron chi connectivity index (χ3n) is 5.62. The molecular weight excluding hydrogens is 390 g/mol. The number of nitrogens with zero attached hydrogens (tertiary/aromatic N) is 2. The molecule has 1 aliphatic heterocycles. The topological polar surface area (TPSA) is 67.5 Å². The summed E-state index contributed by atoms with van der Waals surface area (Å²) >= 11 is 0. The van der Waals surface area contributed by atoms with Crippen LogP contribution in [-0.2, 0) is 4.74 Å². The van der Waals surface area contributed by atoms with E-state index in [1.807, 2.05) is 47.4 Å². The molecule has 3 aromatic rings. The molecule has 162 valence electrons. The first kappa shape index (κ1) is 21.1. The predicted molar refractivity (Wildman–Crippen MR) is 120 cm³/mol. The number of nitrogens with one attached hydrogen (secondary N) is 1. The highest BCUT2D eigenvalue weighted by atomic mass is 16.5. The van der Waals surface area contributed by atoms with Crippen LogP contribution in [0.5, 0.6) is 5.75 Å². The van der Waals surface area contributed by atoms with Gasteiger partial charge in [0, 0.05) is 31.4 Å². The van der Waals surface area contributed by atoms with E-state index in [4.69, 9.17) is 9.47 Å². The van der Waals surface area contributed by atoms with E-state index in [2.05, 4.69) is 29.3 Å². The Morgan fingerprint density at radius 1 is 1.03 bits per heavy atom. The molecule has 0 saturated heterocycles. The van der Waals surface area contributed by atoms with Gasteiger partial charge in [-0.1, -0.05) is 55.8 Å². The number of ether oxygens (including phenoxy) is 2. The Bertz CT molecular complexity index is 999. The summed E-state index contributed by atoms with van der Waals surface area (Å²) in [6.45, 7) is 4.08. The van der Waals surface area contributed by atoms with Gasteiger partial charge in [-0.3, -0.25) is 9.89 Å². The maximum Gasteiger partial charge on any atom is 0.273 e. The number of fused-ring (bicyclic) bond motifs is 1. The summed E-state index contributed by atoms with van der Waals surface area (Å²) < 4.78 is 11.0. The van der Waals surface area contributed by atoms with E-state index in [0.717, 1.165) is 47.4 Å². The molecule has 1 aromatic heterocycles. The molecule has 1 N–H and O–H groups in total. The van der Waals surface area contributed by atoms with Gasteiger partial charge in [0.25, 0.3) is 5.91 Å². The van der Waals surface area contributed by atoms with Crippen molar-refractivity contribution in [3.8, 4) is 17.0 Å². The van der Waals surface area contributed by atoms with Crippen LogP contribution in [0.15, 0.2) is 54.6 Å². The second-order valence-electron chi connectivity index (χ2n) is 7.75. The zero-order valence-electron chi connectivity index (χ0n) is 18.1. The average Bonchev–Trinajstić information content (AvgIpc) is 3.35. The highest BCUT2D eigenvalue weighted by molar-refractivity contribution is 6.00. The maximum atomic E-state index is 13.2. The molecule has 0 bridgehead atoms. The molecule has 1 amide bonds. The van der Waals surface area contributed by atoms with Crippen molar-refractivity contribution in [1.29, 1.82) is 0 Å². The molecule has 2 heterocycles. The van der Waals surface area contributed by atoms with Crippen molar-refractivity contribution in [3.63, 3.8) is 0 Å². The van der Waals surface area contributed by atoms with Gasteiger partial charge in [-0.15, -0.1) is 0 Å². The Morgan fingerprint density at radius 3 is 2.52 bits per heavy atom. The second-order valence-corrected chi connectivity index (χ2v) is 7.75. The van der Waals surface area contributed by atoms with Crippen molar-refractivity contribution in [1.82, 2.24) is 15.1 Å². The van der Waals surface area contributed by atoms with Crippen molar-refractivity contribution >= 4 is 5.91 Å². The minimum Gasteiger partial charge on any atom is -0.494 e. The number of H-pyrrole nitrogens is 1. The van der Waals surface area contributed by atoms with Gasteiger partial charge in [0.15, 0.2) is 0 Å². The molecule has 1 atom stereocenters. The number of carbonyl (C=O) groups excluding carboxylic acids is 1. The summed E-state index contributed by atoms with van der Waals surface area (Å²) in [5.41, 5.74) is 4.38. The maximum absolute atomic E-state index is 13.2. The van der Waals surface area contributed by atoms with Gasteiger partial charge in [0.1, 0.15) is 11.4 Å². The van der Waals surface area contributed by atoms with Crippen LogP contribution in [0.3, 0.4) is 0 Å². The summed E-state index contributed by atoms with van der Waals surface area (Å²) in [4.78, 5) is 15.2. The first-order chi connectivity index (χ1) is 15.2. The number of hydrogen-bond donors (Lipinski definition) is 1. The summed E-state index contributed by atoms with van der Waals surface area (Å²) in [6.07, 6.45) is 2.91. The van der Waals surface area contributed by atoms with Gasteiger partial charge >= 0.3 is 0 Å². The first-order valence-corrected chi connectivity index (χ1v) is 10.9. The number of carbonyl (C=O) groups is 1. The summed E-state index contributed by atoms with van der Waals surface area (Å²) in [5.74, 6) is 0.831. The zero-order valence-corrected chi connectivity index (χ0v) is 18.1. The van der Waals surface area contributed by atoms with Crippen LogP contribution < -0.4 is 4.74 Å². The quantitative estimate of drug-likeness (QED) is 0.478. The fraction of sp³-hybridized carbons (Fsp3) is 0.360. The van der Waals surface area contributed by atoms with Gasteiger partial charge in [0.2, 0.25) is 0 Å². The number of aromatic amines is 1. The highest BCUT2D eigenvalue weighted by Crippen LogP contribution is 2.43. The summed E-state index contributed by atoms with van der Waals surface area (Å²) in [7, 11) is 1.68. The van der Waals surface area contributed by atoms with Crippen molar-refractivity contribution in [2.45, 2.75) is 32.2 Å². The number of unbranched alkanes of at least 4 members (excludes halogenated alkanes) is 1. The molecule has 0 fully saturated rings. The number of amides is 1. The van der Waals surface area contributed by atoms with E-state index >= 15 is 0 Å². The van der Waals surface area contributed by atoms with E-state index < -0.39 is 0 Å². The smallest absolute Gasteiger partial charge is 0.273 e. The van der Waals surface area contributed by atoms with Crippen LogP contribution in [0.4, 0.5) is 0 Å². The van der Waals surface area contributed by atoms with Crippen LogP contribution in [-0.4, -0.2) is 47.9 Å². The van der Waals surface area contributed by atoms with Gasteiger partial charge in [-0.2, -0.15) is 5.10 Å². The number of hydrogen-bond acceptors (Lipinski definition) is 4. The van der Waals surface area contributed by atoms with Crippen LogP contribution in [0.1, 0.15) is 53.8 Å². The molecular formula is C25H29N3O3. The lowest BCUT2D eigenvalue weighted by molar-refractivity contribution is 0.0723. The third kappa shape index (κ3) is 4.35. The van der Waals surface area contributed by atoms with Gasteiger partial charge in [-0.25, -0.2) is 0 Å². The minimum atomic E-state index is -0.196. The lowest BCUT2D eigenvalue weighted by Crippen LogP contribution is -2.31. The van der Waals surface area contributed by atoms with Crippen molar-refractivity contribution in [3.05, 3.63) is 71.4 Å². The Morgan fingerprint density at radius 2 is 1.81 bits per heavy atom. The minimum absolute atomic E-state index is 0.0194. The molecule has 1 unspecified atom stereocenters. The summed E-state index contributed by atoms with van der Waals surface area (Å²) in [5, 5.41) is 7.51. The largest absolute Gasteiger partial charge is 0.494 e. The van der Waals surface area contributed by atoms with Crippen LogP contribution in [0.25, 0.3) is 11.3 Å². The Kier molecular flexibility index (Phi) is 6.67. The first-order valence-electron chi connectivity index (χ1n) is 10.9. The number of methoxy groups -OCH3 is 1. The molecule has 1 aliphatic rings. The Hall–Kier alpha value is -3.12. The lowest BCUT2D eigenvalue weighted by atomic mass is 9.96. The lowest BCUT2D eigenvalue weighted by Gasteiger charge is -2.26. The van der Waals surface area contributed by atoms with Gasteiger partial charge in [-0.05, 0) is 30.5 Å². The normalized spacial score (nSPS) is 15.4. The van der Waals surface area contributed by atoms with Gasteiger partial charge in [0.05, 0.1) is 18.3 Å². The average molecular weight is 420 g/mol. The van der Waals surface area contributed by atoms with Crippen molar-refractivity contribution < 1.29 is 14.3 Å². The van der Waals surface area contributed by atoms with E-state index in [0.29, 0.717) is 25.5 Å². The molecule has 4 rings (SSSR count). The summed E-state index contributed by atoms with van der Waals surface area (Å²) in [6, 6.07) is 17.9. The molecule has 0 spiro atoms. The van der Waals surface area contributed by atoms with Crippen molar-refractivity contribution in [2.24, 2.45) is 0 Å². The van der Waals surface area contributed by atoms with E-state index in [-0.39, 0.29) is 11.9 Å². The zero-order chi connectivity index (χ0) is 21.6. The molecule has 0 saturated carbocycles. The van der Waals surface area contributed by atoms with Crippen molar-refractivity contribution in [2.75, 3.05) is 26.9 Å². The standard InChI is InChI=1S/C25H29N3O3/c1-3-4-17-31-20-13-11-19(12-14-20)24-21-22(18-9-6-5-7-10-18)26-27-23(21)25(29)28(24)15-8-16-30-2/h5-7,9-14,24H,3-4,8,15-17H2,1-2H3,(H,26,27). The SMILES string of the molecule is CCCCOc1ccc(C2c3c(-c4ccccc4)n[nH]c3C(=O)N2CCCOC)cc1. The molecule has 31 heavy (non-hydrogen) atoms. The van der Waals surface area contributed by atoms with Crippen LogP contribution in [0.2, 0.25) is 0 Å². The fourth-order valence-corrected chi connectivity index (χ4v) is 4.05. The van der Waals surface area contributed by atoms with E-state index in [1.54, 1.807) is 7.11 Å². The second kappa shape index (κ2) is 9.79. The van der Waals surface area contributed by atoms with E-state index in [9.17, 15) is 4.79 Å². The van der Waals surface area contributed by atoms with Crippen LogP contribution in [0, 0.1) is 0 Å². The molecule has 6 nitrogen and oxygen atoms in total. The molecule has 6 heteroatoms. The van der Waals surface area contributed by atoms with Crippen LogP contribution >= 0.6 is 0 Å². The molecule has 0 radical (unpaired) electrons. The number of rotatable bonds is 10. The Balaban J connectivity index is 1.69. The van der Waals surface area contributed by atoms with E-state index in [1.165, 1.54) is 0 Å². The number of aromatic nitrogens is 2. The fourth-order valence-electron chi connectivity index (χ4n) is 4.05. The molecule has 0 aliphatic carbocycles. The predicted octanol–water partition coefficient (Wildman–Crippen LogP) is 4.84. The van der Waals surface area contributed by atoms with Gasteiger partial charge < -0.3 is 14.4 Å². The number of benzene rings is 2. The monoisotopic (exact) mass is 419 g/mol. The highest BCUT2D eigenvalue weighted by Gasteiger charge is 2.41.